The Labute approximate surface area is 135 Å². The maximum Gasteiger partial charge on any atom is 0.438 e. The van der Waals surface area contributed by atoms with Crippen LogP contribution in [-0.2, 0) is 11.0 Å². The molecule has 2 heterocycles. The highest BCUT2D eigenvalue weighted by molar-refractivity contribution is 5.84. The molecule has 0 unspecified atom stereocenters. The van der Waals surface area contributed by atoms with Crippen molar-refractivity contribution in [1.29, 1.82) is 0 Å². The fourth-order valence-corrected chi connectivity index (χ4v) is 3.10. The first kappa shape index (κ1) is 15.0. The molecule has 5 nitrogen and oxygen atoms in total. The molecule has 2 atom stereocenters. The number of nitrogens with zero attached hydrogens (tertiary/aromatic N) is 3. The number of anilines is 1. The summed E-state index contributed by atoms with van der Waals surface area (Å²) in [6.07, 6.45) is -4.01. The van der Waals surface area contributed by atoms with Crippen molar-refractivity contribution in [3.63, 3.8) is 0 Å². The van der Waals surface area contributed by atoms with Crippen molar-refractivity contribution < 1.29 is 22.4 Å². The van der Waals surface area contributed by atoms with E-state index in [1.807, 2.05) is 0 Å². The van der Waals surface area contributed by atoms with Crippen molar-refractivity contribution in [3.05, 3.63) is 36.0 Å². The van der Waals surface area contributed by atoms with E-state index in [4.69, 9.17) is 4.42 Å². The molecule has 24 heavy (non-hydrogen) atoms. The number of hydrogen-bond donors (Lipinski definition) is 0. The van der Waals surface area contributed by atoms with Gasteiger partial charge in [-0.3, -0.25) is 4.79 Å². The lowest BCUT2D eigenvalue weighted by Crippen LogP contribution is -2.49. The Balaban J connectivity index is 1.77. The number of fused-ring (bicyclic) bond motifs is 1. The summed E-state index contributed by atoms with van der Waals surface area (Å²) in [5.41, 5.74) is -0.619. The van der Waals surface area contributed by atoms with E-state index in [0.29, 0.717) is 12.0 Å². The fraction of sp³-hybridized carbons (Fsp3) is 0.375. The van der Waals surface area contributed by atoms with Gasteiger partial charge in [-0.05, 0) is 18.6 Å². The van der Waals surface area contributed by atoms with E-state index < -0.39 is 11.9 Å². The van der Waals surface area contributed by atoms with Gasteiger partial charge in [-0.1, -0.05) is 18.2 Å². The van der Waals surface area contributed by atoms with E-state index in [1.165, 1.54) is 4.90 Å². The largest absolute Gasteiger partial charge is 0.438 e. The zero-order chi connectivity index (χ0) is 17.1. The van der Waals surface area contributed by atoms with E-state index in [1.54, 1.807) is 42.3 Å². The van der Waals surface area contributed by atoms with Crippen LogP contribution in [0.4, 0.5) is 19.1 Å². The van der Waals surface area contributed by atoms with Gasteiger partial charge in [0.1, 0.15) is 6.54 Å². The van der Waals surface area contributed by atoms with Crippen molar-refractivity contribution in [2.24, 2.45) is 0 Å². The number of carbonyl (C=O) groups is 1. The second-order valence-corrected chi connectivity index (χ2v) is 6.04. The highest BCUT2D eigenvalue weighted by atomic mass is 19.4. The van der Waals surface area contributed by atoms with Crippen molar-refractivity contribution in [2.75, 3.05) is 18.5 Å². The molecule has 2 aromatic rings. The van der Waals surface area contributed by atoms with Gasteiger partial charge in [0.25, 0.3) is 0 Å². The fourth-order valence-electron chi connectivity index (χ4n) is 3.10. The summed E-state index contributed by atoms with van der Waals surface area (Å²) in [7, 11) is 1.67. The molecular formula is C16H14F3N3O2. The predicted molar refractivity (Wildman–Crippen MR) is 79.3 cm³/mol. The number of likely N-dealkylation sites (N-methyl/N-ethyl adjacent to an activating group) is 1. The van der Waals surface area contributed by atoms with Gasteiger partial charge in [0.2, 0.25) is 23.4 Å². The Morgan fingerprint density at radius 1 is 1.21 bits per heavy atom. The van der Waals surface area contributed by atoms with E-state index in [2.05, 4.69) is 4.98 Å². The Morgan fingerprint density at radius 2 is 1.92 bits per heavy atom. The topological polar surface area (TPSA) is 49.6 Å². The molecule has 2 aliphatic rings. The zero-order valence-corrected chi connectivity index (χ0v) is 12.7. The maximum absolute atomic E-state index is 13.4. The summed E-state index contributed by atoms with van der Waals surface area (Å²) < 4.78 is 45.7. The molecule has 0 bridgehead atoms. The second kappa shape index (κ2) is 4.99. The molecule has 126 valence electrons. The van der Waals surface area contributed by atoms with Gasteiger partial charge in [0, 0.05) is 12.6 Å². The van der Waals surface area contributed by atoms with Gasteiger partial charge in [-0.15, -0.1) is 0 Å². The average molecular weight is 337 g/mol. The molecule has 8 heteroatoms. The molecule has 1 aromatic carbocycles. The smallest absolute Gasteiger partial charge is 0.420 e. The van der Waals surface area contributed by atoms with Crippen LogP contribution >= 0.6 is 0 Å². The summed E-state index contributed by atoms with van der Waals surface area (Å²) in [5, 5.41) is 0. The highest BCUT2D eigenvalue weighted by Gasteiger charge is 2.54. The molecule has 0 spiro atoms. The molecule has 1 aromatic heterocycles. The molecular weight excluding hydrogens is 323 g/mol. The number of piperazine rings is 1. The quantitative estimate of drug-likeness (QED) is 0.846. The van der Waals surface area contributed by atoms with Gasteiger partial charge in [-0.25, -0.2) is 4.98 Å². The van der Waals surface area contributed by atoms with Gasteiger partial charge >= 0.3 is 6.18 Å². The number of oxazole rings is 1. The number of amides is 1. The van der Waals surface area contributed by atoms with Crippen molar-refractivity contribution in [2.45, 2.75) is 24.7 Å². The Kier molecular flexibility index (Phi) is 3.13. The molecule has 0 N–H and O–H groups in total. The van der Waals surface area contributed by atoms with Crippen LogP contribution in [-0.4, -0.2) is 41.5 Å². The molecule has 1 aliphatic carbocycles. The molecule has 1 aliphatic heterocycles. The van der Waals surface area contributed by atoms with E-state index in [-0.39, 0.29) is 36.3 Å². The van der Waals surface area contributed by atoms with Crippen LogP contribution in [0, 0.1) is 0 Å². The van der Waals surface area contributed by atoms with E-state index >= 15 is 0 Å². The number of halogens is 3. The first-order chi connectivity index (χ1) is 11.4. The van der Waals surface area contributed by atoms with Crippen LogP contribution in [0.2, 0.25) is 0 Å². The van der Waals surface area contributed by atoms with Crippen LogP contribution in [0.15, 0.2) is 34.7 Å². The summed E-state index contributed by atoms with van der Waals surface area (Å²) in [6, 6.07) is 8.20. The average Bonchev–Trinajstić information content (AvgIpc) is 3.21. The SMILES string of the molecule is CN1C(=O)CN(c2oc(-c3ccccc3)nc2C(F)(F)F)[C@H]2C[C@H]21. The molecule has 1 amide bonds. The third-order valence-electron chi connectivity index (χ3n) is 4.48. The summed E-state index contributed by atoms with van der Waals surface area (Å²) in [6.45, 7) is -0.135. The minimum atomic E-state index is -4.65. The maximum atomic E-state index is 13.4. The lowest BCUT2D eigenvalue weighted by Gasteiger charge is -2.31. The van der Waals surface area contributed by atoms with Crippen molar-refractivity contribution in [3.8, 4) is 11.5 Å². The molecule has 4 rings (SSSR count). The van der Waals surface area contributed by atoms with Crippen molar-refractivity contribution in [1.82, 2.24) is 9.88 Å². The van der Waals surface area contributed by atoms with E-state index in [9.17, 15) is 18.0 Å². The minimum absolute atomic E-state index is 0.0578. The van der Waals surface area contributed by atoms with Gasteiger partial charge in [-0.2, -0.15) is 13.2 Å². The third-order valence-corrected chi connectivity index (χ3v) is 4.48. The number of benzene rings is 1. The summed E-state index contributed by atoms with van der Waals surface area (Å²) in [5.74, 6) is -0.684. The van der Waals surface area contributed by atoms with Gasteiger partial charge in [0.05, 0.1) is 12.1 Å². The van der Waals surface area contributed by atoms with Crippen LogP contribution in [0.5, 0.6) is 0 Å². The van der Waals surface area contributed by atoms with Gasteiger partial charge < -0.3 is 14.2 Å². The van der Waals surface area contributed by atoms with Crippen LogP contribution < -0.4 is 4.90 Å². The number of hydrogen-bond acceptors (Lipinski definition) is 4. The normalized spacial score (nSPS) is 23.4. The van der Waals surface area contributed by atoms with Gasteiger partial charge in [0.15, 0.2) is 0 Å². The number of rotatable bonds is 2. The summed E-state index contributed by atoms with van der Waals surface area (Å²) in [4.78, 5) is 18.6. The number of alkyl halides is 3. The highest BCUT2D eigenvalue weighted by Crippen LogP contribution is 2.45. The molecule has 1 saturated carbocycles. The molecule has 1 saturated heterocycles. The first-order valence-electron chi connectivity index (χ1n) is 7.52. The lowest BCUT2D eigenvalue weighted by molar-refractivity contribution is -0.141. The summed E-state index contributed by atoms with van der Waals surface area (Å²) >= 11 is 0. The standard InChI is InChI=1S/C16H14F3N3O2/c1-21-10-7-11(10)22(8-12(21)23)15-13(16(17,18)19)20-14(24-15)9-5-3-2-4-6-9/h2-6,10-11H,7-8H2,1H3/t10-,11+/m1/s1. The number of carbonyl (C=O) groups excluding carboxylic acids is 1. The Morgan fingerprint density at radius 3 is 2.58 bits per heavy atom. The Hall–Kier alpha value is -2.51. The lowest BCUT2D eigenvalue weighted by atomic mass is 10.2. The van der Waals surface area contributed by atoms with Crippen LogP contribution in [0.1, 0.15) is 12.1 Å². The van der Waals surface area contributed by atoms with E-state index in [0.717, 1.165) is 0 Å². The second-order valence-electron chi connectivity index (χ2n) is 6.04. The third kappa shape index (κ3) is 2.33. The van der Waals surface area contributed by atoms with Crippen LogP contribution in [0.3, 0.4) is 0 Å². The Bertz CT molecular complexity index is 788. The van der Waals surface area contributed by atoms with Crippen LogP contribution in [0.25, 0.3) is 11.5 Å². The molecule has 0 radical (unpaired) electrons. The first-order valence-corrected chi connectivity index (χ1v) is 7.52. The number of aromatic nitrogens is 1. The minimum Gasteiger partial charge on any atom is -0.420 e. The monoisotopic (exact) mass is 337 g/mol. The molecule has 2 fully saturated rings. The predicted octanol–water partition coefficient (Wildman–Crippen LogP) is 2.78. The van der Waals surface area contributed by atoms with Crippen molar-refractivity contribution >= 4 is 11.8 Å². The zero-order valence-electron chi connectivity index (χ0n) is 12.7.